The lowest BCUT2D eigenvalue weighted by Gasteiger charge is -2.35. The normalized spacial score (nSPS) is 20.2. The van der Waals surface area contributed by atoms with E-state index in [9.17, 15) is 13.2 Å². The summed E-state index contributed by atoms with van der Waals surface area (Å²) in [6.45, 7) is 1.90. The third-order valence-corrected chi connectivity index (χ3v) is 4.19. The quantitative estimate of drug-likeness (QED) is 0.891. The predicted octanol–water partition coefficient (Wildman–Crippen LogP) is 4.03. The van der Waals surface area contributed by atoms with Gasteiger partial charge < -0.3 is 10.6 Å². The van der Waals surface area contributed by atoms with Gasteiger partial charge in [-0.25, -0.2) is 0 Å². The molecule has 1 aliphatic heterocycles. The topological polar surface area (TPSA) is 29.3 Å². The van der Waals surface area contributed by atoms with Crippen LogP contribution < -0.4 is 10.6 Å². The molecule has 0 aliphatic carbocycles. The molecule has 0 amide bonds. The Morgan fingerprint density at radius 1 is 1.35 bits per heavy atom. The molecule has 0 bridgehead atoms. The van der Waals surface area contributed by atoms with E-state index in [0.717, 1.165) is 25.3 Å². The lowest BCUT2D eigenvalue weighted by molar-refractivity contribution is -0.137. The number of hydrogen-bond acceptors (Lipinski definition) is 2. The van der Waals surface area contributed by atoms with Crippen molar-refractivity contribution in [3.63, 3.8) is 0 Å². The second-order valence-corrected chi connectivity index (χ2v) is 6.11. The van der Waals surface area contributed by atoms with E-state index in [2.05, 4.69) is 15.9 Å². The standard InChI is InChI=1S/C14H18BrF3N2/c15-11-3-4-12(14(16,17)18)13(8-11)20-7-1-2-10(9-20)5-6-19/h3-4,8,10H,1-2,5-7,9,19H2. The Labute approximate surface area is 125 Å². The molecule has 1 aliphatic rings. The zero-order valence-corrected chi connectivity index (χ0v) is 12.7. The van der Waals surface area contributed by atoms with Crippen LogP contribution in [0.3, 0.4) is 0 Å². The summed E-state index contributed by atoms with van der Waals surface area (Å²) in [5.41, 5.74) is 5.27. The van der Waals surface area contributed by atoms with Crippen molar-refractivity contribution in [2.45, 2.75) is 25.4 Å². The second kappa shape index (κ2) is 6.35. The summed E-state index contributed by atoms with van der Waals surface area (Å²) in [5.74, 6) is 0.383. The maximum Gasteiger partial charge on any atom is 0.418 e. The summed E-state index contributed by atoms with van der Waals surface area (Å²) < 4.78 is 40.0. The second-order valence-electron chi connectivity index (χ2n) is 5.19. The smallest absolute Gasteiger partial charge is 0.371 e. The minimum atomic E-state index is -4.32. The fourth-order valence-electron chi connectivity index (χ4n) is 2.76. The maximum atomic E-state index is 13.1. The molecule has 2 rings (SSSR count). The first-order chi connectivity index (χ1) is 9.41. The molecule has 0 saturated carbocycles. The molecule has 1 aromatic rings. The number of piperidine rings is 1. The van der Waals surface area contributed by atoms with Crippen LogP contribution in [-0.4, -0.2) is 19.6 Å². The number of alkyl halides is 3. The largest absolute Gasteiger partial charge is 0.418 e. The minimum absolute atomic E-state index is 0.272. The number of nitrogens with two attached hydrogens (primary N) is 1. The average Bonchev–Trinajstić information content (AvgIpc) is 2.38. The summed E-state index contributed by atoms with van der Waals surface area (Å²) in [5, 5.41) is 0. The first kappa shape index (κ1) is 15.6. The van der Waals surface area contributed by atoms with Gasteiger partial charge in [-0.3, -0.25) is 0 Å². The van der Waals surface area contributed by atoms with Crippen LogP contribution >= 0.6 is 15.9 Å². The van der Waals surface area contributed by atoms with Crippen LogP contribution in [0, 0.1) is 5.92 Å². The molecule has 1 heterocycles. The molecule has 1 saturated heterocycles. The van der Waals surface area contributed by atoms with Gasteiger partial charge >= 0.3 is 6.18 Å². The first-order valence-corrected chi connectivity index (χ1v) is 7.53. The van der Waals surface area contributed by atoms with E-state index in [-0.39, 0.29) is 5.69 Å². The van der Waals surface area contributed by atoms with Crippen molar-refractivity contribution in [2.24, 2.45) is 11.7 Å². The van der Waals surface area contributed by atoms with E-state index in [1.54, 1.807) is 6.07 Å². The highest BCUT2D eigenvalue weighted by Crippen LogP contribution is 2.39. The van der Waals surface area contributed by atoms with Crippen LogP contribution in [0.2, 0.25) is 0 Å². The number of rotatable bonds is 3. The van der Waals surface area contributed by atoms with Gasteiger partial charge in [0.15, 0.2) is 0 Å². The van der Waals surface area contributed by atoms with Crippen molar-refractivity contribution in [2.75, 3.05) is 24.5 Å². The van der Waals surface area contributed by atoms with E-state index in [1.807, 2.05) is 4.90 Å². The zero-order valence-electron chi connectivity index (χ0n) is 11.1. The lowest BCUT2D eigenvalue weighted by Crippen LogP contribution is -2.37. The highest BCUT2D eigenvalue weighted by atomic mass is 79.9. The van der Waals surface area contributed by atoms with Gasteiger partial charge in [0.25, 0.3) is 0 Å². The van der Waals surface area contributed by atoms with Gasteiger partial charge in [0.2, 0.25) is 0 Å². The fraction of sp³-hybridized carbons (Fsp3) is 0.571. The van der Waals surface area contributed by atoms with E-state index >= 15 is 0 Å². The molecule has 2 nitrogen and oxygen atoms in total. The summed E-state index contributed by atoms with van der Waals surface area (Å²) in [4.78, 5) is 1.84. The van der Waals surface area contributed by atoms with Gasteiger partial charge in [0.1, 0.15) is 0 Å². The van der Waals surface area contributed by atoms with E-state index < -0.39 is 11.7 Å². The van der Waals surface area contributed by atoms with Gasteiger partial charge in [-0.15, -0.1) is 0 Å². The molecule has 1 atom stereocenters. The number of benzene rings is 1. The van der Waals surface area contributed by atoms with Crippen LogP contribution in [0.25, 0.3) is 0 Å². The van der Waals surface area contributed by atoms with E-state index in [4.69, 9.17) is 5.73 Å². The number of anilines is 1. The Balaban J connectivity index is 2.29. The maximum absolute atomic E-state index is 13.1. The Hall–Kier alpha value is -0.750. The van der Waals surface area contributed by atoms with Crippen LogP contribution in [0.4, 0.5) is 18.9 Å². The summed E-state index contributed by atoms with van der Waals surface area (Å²) in [7, 11) is 0. The van der Waals surface area contributed by atoms with E-state index in [1.165, 1.54) is 6.07 Å². The SMILES string of the molecule is NCCC1CCCN(c2cc(Br)ccc2C(F)(F)F)C1. The number of nitrogens with zero attached hydrogens (tertiary/aromatic N) is 1. The molecule has 0 radical (unpaired) electrons. The zero-order chi connectivity index (χ0) is 14.8. The van der Waals surface area contributed by atoms with Gasteiger partial charge in [-0.1, -0.05) is 15.9 Å². The third kappa shape index (κ3) is 3.67. The van der Waals surface area contributed by atoms with Crippen LogP contribution in [0.1, 0.15) is 24.8 Å². The Bertz CT molecular complexity index is 460. The Morgan fingerprint density at radius 2 is 2.10 bits per heavy atom. The van der Waals surface area contributed by atoms with Crippen LogP contribution in [0.5, 0.6) is 0 Å². The summed E-state index contributed by atoms with van der Waals surface area (Å²) >= 11 is 3.26. The van der Waals surface area contributed by atoms with Crippen molar-refractivity contribution in [1.82, 2.24) is 0 Å². The number of halogens is 4. The van der Waals surface area contributed by atoms with E-state index in [0.29, 0.717) is 30.0 Å². The van der Waals surface area contributed by atoms with Crippen LogP contribution in [-0.2, 0) is 6.18 Å². The molecule has 20 heavy (non-hydrogen) atoms. The molecule has 0 aromatic heterocycles. The van der Waals surface area contributed by atoms with Gasteiger partial charge in [-0.2, -0.15) is 13.2 Å². The molecular formula is C14H18BrF3N2. The minimum Gasteiger partial charge on any atom is -0.371 e. The molecule has 112 valence electrons. The summed E-state index contributed by atoms with van der Waals surface area (Å²) in [6, 6.07) is 4.15. The molecule has 2 N–H and O–H groups in total. The van der Waals surface area contributed by atoms with Gasteiger partial charge in [0.05, 0.1) is 11.3 Å². The summed E-state index contributed by atoms with van der Waals surface area (Å²) in [6.07, 6.45) is -1.50. The third-order valence-electron chi connectivity index (χ3n) is 3.70. The Morgan fingerprint density at radius 3 is 2.75 bits per heavy atom. The average molecular weight is 351 g/mol. The molecule has 1 fully saturated rings. The van der Waals surface area contributed by atoms with Crippen molar-refractivity contribution < 1.29 is 13.2 Å². The Kier molecular flexibility index (Phi) is 4.96. The number of hydrogen-bond donors (Lipinski definition) is 1. The molecule has 6 heteroatoms. The first-order valence-electron chi connectivity index (χ1n) is 6.73. The highest BCUT2D eigenvalue weighted by Gasteiger charge is 2.35. The fourth-order valence-corrected chi connectivity index (χ4v) is 3.11. The highest BCUT2D eigenvalue weighted by molar-refractivity contribution is 9.10. The lowest BCUT2D eigenvalue weighted by atomic mass is 9.94. The molecule has 1 aromatic carbocycles. The van der Waals surface area contributed by atoms with Gasteiger partial charge in [-0.05, 0) is 49.9 Å². The van der Waals surface area contributed by atoms with Crippen molar-refractivity contribution in [3.8, 4) is 0 Å². The van der Waals surface area contributed by atoms with Crippen molar-refractivity contribution in [1.29, 1.82) is 0 Å². The molecular weight excluding hydrogens is 333 g/mol. The van der Waals surface area contributed by atoms with Crippen molar-refractivity contribution >= 4 is 21.6 Å². The molecule has 1 unspecified atom stereocenters. The van der Waals surface area contributed by atoms with Crippen LogP contribution in [0.15, 0.2) is 22.7 Å². The predicted molar refractivity (Wildman–Crippen MR) is 77.8 cm³/mol. The van der Waals surface area contributed by atoms with Gasteiger partial charge in [0, 0.05) is 17.6 Å². The van der Waals surface area contributed by atoms with Crippen molar-refractivity contribution in [3.05, 3.63) is 28.2 Å². The monoisotopic (exact) mass is 350 g/mol. The molecule has 0 spiro atoms.